The first-order chi connectivity index (χ1) is 11.4. The van der Waals surface area contributed by atoms with Crippen molar-refractivity contribution in [1.82, 2.24) is 4.90 Å². The van der Waals surface area contributed by atoms with Crippen LogP contribution in [0.1, 0.15) is 18.4 Å². The molecule has 0 radical (unpaired) electrons. The van der Waals surface area contributed by atoms with Crippen molar-refractivity contribution in [1.29, 1.82) is 0 Å². The highest BCUT2D eigenvalue weighted by molar-refractivity contribution is 5.81. The van der Waals surface area contributed by atoms with Crippen molar-refractivity contribution in [2.75, 3.05) is 38.2 Å². The van der Waals surface area contributed by atoms with Crippen LogP contribution >= 0.6 is 0 Å². The fourth-order valence-corrected chi connectivity index (χ4v) is 2.95. The van der Waals surface area contributed by atoms with Gasteiger partial charge in [0.1, 0.15) is 0 Å². The van der Waals surface area contributed by atoms with E-state index in [9.17, 15) is 18.0 Å². The van der Waals surface area contributed by atoms with E-state index in [-0.39, 0.29) is 12.5 Å². The maximum absolute atomic E-state index is 12.5. The lowest BCUT2D eigenvalue weighted by molar-refractivity contribution is -0.187. The molecule has 5 nitrogen and oxygen atoms in total. The molecule has 3 rings (SSSR count). The molecule has 8 heteroatoms. The summed E-state index contributed by atoms with van der Waals surface area (Å²) in [6, 6.07) is 4.63. The smallest absolute Gasteiger partial charge is 0.376 e. The monoisotopic (exact) mass is 344 g/mol. The minimum absolute atomic E-state index is 0.0417. The summed E-state index contributed by atoms with van der Waals surface area (Å²) in [5, 5.41) is 2.86. The molecular weight excluding hydrogens is 325 g/mol. The van der Waals surface area contributed by atoms with Crippen LogP contribution in [-0.4, -0.2) is 49.4 Å². The number of ether oxygens (including phenoxy) is 2. The van der Waals surface area contributed by atoms with Gasteiger partial charge in [0.15, 0.2) is 5.79 Å². The summed E-state index contributed by atoms with van der Waals surface area (Å²) < 4.78 is 48.7. The Hall–Kier alpha value is -1.80. The second-order valence-electron chi connectivity index (χ2n) is 5.92. The molecule has 0 saturated carbocycles. The predicted molar refractivity (Wildman–Crippen MR) is 80.4 cm³/mol. The second-order valence-corrected chi connectivity index (χ2v) is 5.92. The van der Waals surface area contributed by atoms with E-state index in [1.165, 1.54) is 12.1 Å². The van der Waals surface area contributed by atoms with Gasteiger partial charge in [0.2, 0.25) is 5.91 Å². The van der Waals surface area contributed by atoms with Gasteiger partial charge >= 0.3 is 6.18 Å². The lowest BCUT2D eigenvalue weighted by Crippen LogP contribution is -2.48. The molecule has 1 amide bonds. The maximum atomic E-state index is 12.5. The molecule has 1 spiro atoms. The molecule has 0 aromatic heterocycles. The van der Waals surface area contributed by atoms with E-state index < -0.39 is 17.5 Å². The number of halogens is 3. The van der Waals surface area contributed by atoms with Crippen LogP contribution in [0.5, 0.6) is 0 Å². The van der Waals surface area contributed by atoms with Gasteiger partial charge in [-0.3, -0.25) is 4.79 Å². The largest absolute Gasteiger partial charge is 0.416 e. The Balaban J connectivity index is 1.47. The van der Waals surface area contributed by atoms with Crippen molar-refractivity contribution in [3.8, 4) is 0 Å². The Morgan fingerprint density at radius 1 is 1.12 bits per heavy atom. The lowest BCUT2D eigenvalue weighted by atomic mass is 10.0. The summed E-state index contributed by atoms with van der Waals surface area (Å²) in [7, 11) is 0. The standard InChI is InChI=1S/C16H19F3N2O3/c17-16(18,19)12-1-3-13(4-2-12)20-11-14(22)21-7-5-15(6-8-21)23-9-10-24-15/h1-4,20H,5-11H2. The summed E-state index contributed by atoms with van der Waals surface area (Å²) in [6.07, 6.45) is -3.08. The van der Waals surface area contributed by atoms with Crippen molar-refractivity contribution in [3.05, 3.63) is 29.8 Å². The van der Waals surface area contributed by atoms with Crippen LogP contribution in [0.25, 0.3) is 0 Å². The highest BCUT2D eigenvalue weighted by atomic mass is 19.4. The second kappa shape index (κ2) is 6.60. The molecule has 2 heterocycles. The Morgan fingerprint density at radius 3 is 2.25 bits per heavy atom. The number of hydrogen-bond donors (Lipinski definition) is 1. The number of benzene rings is 1. The Labute approximate surface area is 137 Å². The van der Waals surface area contributed by atoms with Crippen molar-refractivity contribution in [2.45, 2.75) is 24.8 Å². The minimum atomic E-state index is -4.36. The number of carbonyl (C=O) groups is 1. The van der Waals surface area contributed by atoms with Crippen LogP contribution < -0.4 is 5.32 Å². The molecule has 2 saturated heterocycles. The number of carbonyl (C=O) groups excluding carboxylic acids is 1. The van der Waals surface area contributed by atoms with Crippen molar-refractivity contribution < 1.29 is 27.4 Å². The van der Waals surface area contributed by atoms with E-state index in [4.69, 9.17) is 9.47 Å². The highest BCUT2D eigenvalue weighted by Crippen LogP contribution is 2.31. The number of anilines is 1. The van der Waals surface area contributed by atoms with E-state index in [0.29, 0.717) is 44.8 Å². The molecule has 1 N–H and O–H groups in total. The van der Waals surface area contributed by atoms with Gasteiger partial charge in [0, 0.05) is 31.6 Å². The Bertz CT molecular complexity index is 573. The summed E-state index contributed by atoms with van der Waals surface area (Å²) in [5.74, 6) is -0.625. The van der Waals surface area contributed by atoms with Crippen LogP contribution in [0.4, 0.5) is 18.9 Å². The number of likely N-dealkylation sites (tertiary alicyclic amines) is 1. The first kappa shape index (κ1) is 17.0. The number of alkyl halides is 3. The minimum Gasteiger partial charge on any atom is -0.376 e. The first-order valence-electron chi connectivity index (χ1n) is 7.85. The van der Waals surface area contributed by atoms with Crippen molar-refractivity contribution in [2.24, 2.45) is 0 Å². The SMILES string of the molecule is O=C(CNc1ccc(C(F)(F)F)cc1)N1CCC2(CC1)OCCO2. The summed E-state index contributed by atoms with van der Waals surface area (Å²) in [5.41, 5.74) is -0.232. The summed E-state index contributed by atoms with van der Waals surface area (Å²) in [6.45, 7) is 2.31. The average Bonchev–Trinajstić information content (AvgIpc) is 3.01. The van der Waals surface area contributed by atoms with Crippen LogP contribution in [0.2, 0.25) is 0 Å². The molecule has 0 aliphatic carbocycles. The maximum Gasteiger partial charge on any atom is 0.416 e. The number of hydrogen-bond acceptors (Lipinski definition) is 4. The number of nitrogens with zero attached hydrogens (tertiary/aromatic N) is 1. The highest BCUT2D eigenvalue weighted by Gasteiger charge is 2.40. The van der Waals surface area contributed by atoms with Gasteiger partial charge < -0.3 is 19.7 Å². The molecule has 2 aliphatic rings. The van der Waals surface area contributed by atoms with Crippen molar-refractivity contribution in [3.63, 3.8) is 0 Å². The molecule has 0 atom stereocenters. The van der Waals surface area contributed by atoms with E-state index in [0.717, 1.165) is 12.1 Å². The quantitative estimate of drug-likeness (QED) is 0.915. The number of amides is 1. The van der Waals surface area contributed by atoms with Gasteiger partial charge in [0.25, 0.3) is 0 Å². The molecule has 0 bridgehead atoms. The van der Waals surface area contributed by atoms with E-state index in [1.807, 2.05) is 0 Å². The van der Waals surface area contributed by atoms with Crippen molar-refractivity contribution >= 4 is 11.6 Å². The predicted octanol–water partition coefficient (Wildman–Crippen LogP) is 2.48. The summed E-state index contributed by atoms with van der Waals surface area (Å²) in [4.78, 5) is 13.9. The van der Waals surface area contributed by atoms with Crippen LogP contribution in [0.15, 0.2) is 24.3 Å². The number of piperidine rings is 1. The molecular formula is C16H19F3N2O3. The number of nitrogens with one attached hydrogen (secondary N) is 1. The van der Waals surface area contributed by atoms with Crippen LogP contribution in [-0.2, 0) is 20.4 Å². The molecule has 0 unspecified atom stereocenters. The zero-order chi connectivity index (χ0) is 17.2. The zero-order valence-electron chi connectivity index (χ0n) is 13.1. The molecule has 132 valence electrons. The fraction of sp³-hybridized carbons (Fsp3) is 0.562. The third-order valence-corrected chi connectivity index (χ3v) is 4.35. The molecule has 2 aliphatic heterocycles. The Morgan fingerprint density at radius 2 is 1.71 bits per heavy atom. The molecule has 2 fully saturated rings. The van der Waals surface area contributed by atoms with Gasteiger partial charge in [-0.2, -0.15) is 13.2 Å². The van der Waals surface area contributed by atoms with Gasteiger partial charge in [0.05, 0.1) is 25.3 Å². The summed E-state index contributed by atoms with van der Waals surface area (Å²) >= 11 is 0. The topological polar surface area (TPSA) is 50.8 Å². The van der Waals surface area contributed by atoms with Gasteiger partial charge in [-0.1, -0.05) is 0 Å². The first-order valence-corrected chi connectivity index (χ1v) is 7.85. The third kappa shape index (κ3) is 3.81. The zero-order valence-corrected chi connectivity index (χ0v) is 13.1. The molecule has 1 aromatic carbocycles. The van der Waals surface area contributed by atoms with E-state index in [1.54, 1.807) is 4.90 Å². The average molecular weight is 344 g/mol. The Kier molecular flexibility index (Phi) is 4.69. The van der Waals surface area contributed by atoms with Gasteiger partial charge in [-0.15, -0.1) is 0 Å². The number of rotatable bonds is 3. The van der Waals surface area contributed by atoms with Gasteiger partial charge in [-0.05, 0) is 24.3 Å². The fourth-order valence-electron chi connectivity index (χ4n) is 2.95. The third-order valence-electron chi connectivity index (χ3n) is 4.35. The van der Waals surface area contributed by atoms with Crippen LogP contribution in [0, 0.1) is 0 Å². The van der Waals surface area contributed by atoms with E-state index >= 15 is 0 Å². The molecule has 24 heavy (non-hydrogen) atoms. The van der Waals surface area contributed by atoms with Crippen LogP contribution in [0.3, 0.4) is 0 Å². The molecule has 1 aromatic rings. The van der Waals surface area contributed by atoms with Gasteiger partial charge in [-0.25, -0.2) is 0 Å². The lowest BCUT2D eigenvalue weighted by Gasteiger charge is -2.37. The normalized spacial score (nSPS) is 20.4. The van der Waals surface area contributed by atoms with E-state index in [2.05, 4.69) is 5.32 Å².